The van der Waals surface area contributed by atoms with Crippen molar-refractivity contribution < 1.29 is 101 Å². The summed E-state index contributed by atoms with van der Waals surface area (Å²) in [7, 11) is 0. The van der Waals surface area contributed by atoms with E-state index in [0.717, 1.165) is 119 Å². The standard InChI is InChI=1S/C41H60O10.C40H58O11/c1-6-24(42)17-32-23(5)29-16-25(43)15-27-8-10-31-36(46-27)40-39-38(48-31)37-35(49-39)19-41(50-37,51-40)12-11-28-14-21(3)30(44-28)9-7-26-13-20(2)22(4)33(45-26)18-34(29)47-32;1-19-11-25-5-7-29-20(2)12-27(44-29)9-10-40-17-34-36(50-40)37-38(49-34)39(51-40)35-30(48-37)8-6-26(46-35)13-23(42)14-28-22(4)31(15-24(43)18-41)47-33(28)16-32(45-25)21(19)3/h20,23-24,26-40,42H,3-4,6-19H2,1-2,5H3;19,22,24-39,41,43H,2-3,5-18H2,1,4H3/t20-,23-,24-,26?,27?,28?,29-,30+,31+,32-,33-,34?,35-,36+,37?,38+,39-,40+,41+;19-,22-,24+,25?,26?,27?,28-,29+,30+,31-,32-,33?,34-,35+,36?,37+,38-,39+,40+/m11/s1. The van der Waals surface area contributed by atoms with E-state index in [4.69, 9.17) is 75.8 Å². The van der Waals surface area contributed by atoms with Crippen molar-refractivity contribution in [1.29, 1.82) is 0 Å². The van der Waals surface area contributed by atoms with E-state index in [1.807, 2.05) is 6.92 Å². The zero-order chi connectivity index (χ0) is 70.4. The Labute approximate surface area is 603 Å². The lowest BCUT2D eigenvalue weighted by Gasteiger charge is -2.47. The summed E-state index contributed by atoms with van der Waals surface area (Å²) >= 11 is 0. The molecule has 20 fully saturated rings. The maximum atomic E-state index is 14.0. The Morgan fingerprint density at radius 3 is 1.23 bits per heavy atom. The van der Waals surface area contributed by atoms with Crippen LogP contribution in [0.4, 0.5) is 0 Å². The molecule has 24 bridgehead atoms. The van der Waals surface area contributed by atoms with E-state index in [1.165, 1.54) is 0 Å². The zero-order valence-electron chi connectivity index (χ0n) is 61.1. The van der Waals surface area contributed by atoms with Crippen molar-refractivity contribution >= 4 is 11.6 Å². The van der Waals surface area contributed by atoms with Crippen LogP contribution in [0, 0.1) is 35.5 Å². The number of aliphatic hydroxyl groups is 3. The maximum absolute atomic E-state index is 14.0. The van der Waals surface area contributed by atoms with Gasteiger partial charge in [0.1, 0.15) is 72.6 Å². The number of hydrogen-bond acceptors (Lipinski definition) is 21. The Bertz CT molecular complexity index is 2910. The Balaban J connectivity index is 0.000000152. The predicted molar refractivity (Wildman–Crippen MR) is 369 cm³/mol. The molecule has 20 aliphatic rings. The largest absolute Gasteiger partial charge is 0.394 e. The lowest BCUT2D eigenvalue weighted by Crippen LogP contribution is -2.61. The number of ether oxygens (including phenoxy) is 16. The van der Waals surface area contributed by atoms with Crippen molar-refractivity contribution in [2.45, 2.75) is 403 Å². The summed E-state index contributed by atoms with van der Waals surface area (Å²) in [5, 5.41) is 30.6. The third-order valence-corrected chi connectivity index (χ3v) is 28.5. The third kappa shape index (κ3) is 13.9. The highest BCUT2D eigenvalue weighted by molar-refractivity contribution is 5.79. The molecule has 20 heterocycles. The highest BCUT2D eigenvalue weighted by atomic mass is 16.8. The molecule has 0 saturated carbocycles. The molecule has 38 atom stereocenters. The molecule has 20 aliphatic heterocycles. The number of ketones is 2. The molecule has 21 nitrogen and oxygen atoms in total. The van der Waals surface area contributed by atoms with Gasteiger partial charge in [-0.25, -0.2) is 0 Å². The van der Waals surface area contributed by atoms with Gasteiger partial charge in [0.05, 0.1) is 129 Å². The molecule has 0 aromatic carbocycles. The van der Waals surface area contributed by atoms with Gasteiger partial charge >= 0.3 is 0 Å². The molecule has 0 radical (unpaired) electrons. The summed E-state index contributed by atoms with van der Waals surface area (Å²) in [5.74, 6) is -0.444. The summed E-state index contributed by atoms with van der Waals surface area (Å²) in [5.41, 5.74) is 4.49. The van der Waals surface area contributed by atoms with Crippen LogP contribution in [0.2, 0.25) is 0 Å². The van der Waals surface area contributed by atoms with E-state index in [2.05, 4.69) is 54.0 Å². The molecule has 21 heteroatoms. The van der Waals surface area contributed by atoms with Crippen molar-refractivity contribution in [3.8, 4) is 0 Å². The van der Waals surface area contributed by atoms with Crippen LogP contribution in [-0.2, 0) is 85.4 Å². The summed E-state index contributed by atoms with van der Waals surface area (Å²) in [6.45, 7) is 28.3. The topological polar surface area (TPSA) is 243 Å². The van der Waals surface area contributed by atoms with Gasteiger partial charge in [-0.15, -0.1) is 0 Å². The highest BCUT2D eigenvalue weighted by Gasteiger charge is 2.71. The molecule has 20 rings (SSSR count). The lowest BCUT2D eigenvalue weighted by atomic mass is 9.78. The fourth-order valence-electron chi connectivity index (χ4n) is 22.6. The van der Waals surface area contributed by atoms with Crippen LogP contribution in [0.3, 0.4) is 0 Å². The van der Waals surface area contributed by atoms with Gasteiger partial charge in [-0.2, -0.15) is 0 Å². The van der Waals surface area contributed by atoms with Crippen LogP contribution in [-0.4, -0.2) is 228 Å². The number of hydrogen-bond donors (Lipinski definition) is 3. The summed E-state index contributed by atoms with van der Waals surface area (Å²) in [4.78, 5) is 28.0. The summed E-state index contributed by atoms with van der Waals surface area (Å²) in [6.07, 6.45) is 13.5. The molecule has 0 amide bonds. The molecule has 3 N–H and O–H groups in total. The van der Waals surface area contributed by atoms with E-state index < -0.39 is 23.8 Å². The average molecular weight is 1430 g/mol. The summed E-state index contributed by atoms with van der Waals surface area (Å²) in [6, 6.07) is 0. The van der Waals surface area contributed by atoms with Crippen LogP contribution in [0.15, 0.2) is 48.6 Å². The first-order chi connectivity index (χ1) is 49.1. The summed E-state index contributed by atoms with van der Waals surface area (Å²) < 4.78 is 108. The Hall–Kier alpha value is -2.46. The van der Waals surface area contributed by atoms with E-state index >= 15 is 0 Å². The van der Waals surface area contributed by atoms with Crippen molar-refractivity contribution in [3.63, 3.8) is 0 Å². The van der Waals surface area contributed by atoms with Gasteiger partial charge in [-0.05, 0) is 161 Å². The van der Waals surface area contributed by atoms with E-state index in [0.29, 0.717) is 88.9 Å². The SMILES string of the molecule is C=C1CC2CC[C@@]34C[C@H]5O[C@H]6[C@@H](O3)[C@H]3OC(CC[C@@H]3O[C@H]6C5O4)CC(=O)C[C@H]3C(C[C@H]4OC(CC[C@@H]1O2)C[C@@H](C)C4=C)O[C@H](C[C@H](O)CC)[C@@H]3C.C=C1CC2CC[C@@]34C[C@H]5O[C@H]6[C@@H](O3)[C@H]3OC(CC[C@@H]3O[C@H]6C5O4)CC(=O)C[C@H]3C(C[C@H]4OC(CC[C@@H]1O2)C[C@@H](C)C4=C)O[C@H](C[C@H](O)CO)[C@@H]3C. The molecular weight excluding hydrogens is 1310 g/mol. The van der Waals surface area contributed by atoms with Crippen LogP contribution < -0.4 is 0 Å². The lowest BCUT2D eigenvalue weighted by molar-refractivity contribution is -0.292. The molecule has 20 saturated heterocycles. The minimum atomic E-state index is -0.872. The molecule has 2 spiro atoms. The number of carbonyl (C=O) groups excluding carboxylic acids is 2. The van der Waals surface area contributed by atoms with Gasteiger partial charge in [-0.1, -0.05) is 60.9 Å². The Morgan fingerprint density at radius 2 is 0.784 bits per heavy atom. The monoisotopic (exact) mass is 1430 g/mol. The van der Waals surface area contributed by atoms with Gasteiger partial charge in [0.15, 0.2) is 11.6 Å². The van der Waals surface area contributed by atoms with Gasteiger partial charge in [0, 0.05) is 70.6 Å². The number of Topliss-reactive ketones (excluding diaryl/α,β-unsaturated/α-hetero) is 2. The average Bonchev–Trinajstić information content (AvgIpc) is 1.55. The Kier molecular flexibility index (Phi) is 20.6. The fraction of sp³-hybridized carbons (Fsp3) is 0.877. The molecule has 102 heavy (non-hydrogen) atoms. The van der Waals surface area contributed by atoms with Gasteiger partial charge in [0.2, 0.25) is 0 Å². The number of rotatable bonds is 6. The van der Waals surface area contributed by atoms with Crippen LogP contribution in [0.5, 0.6) is 0 Å². The first-order valence-corrected chi connectivity index (χ1v) is 40.4. The van der Waals surface area contributed by atoms with E-state index in [9.17, 15) is 24.9 Å². The van der Waals surface area contributed by atoms with Crippen molar-refractivity contribution in [1.82, 2.24) is 0 Å². The number of fused-ring (bicyclic) bond motifs is 12. The van der Waals surface area contributed by atoms with Gasteiger partial charge < -0.3 is 91.1 Å². The van der Waals surface area contributed by atoms with Crippen LogP contribution >= 0.6 is 0 Å². The quantitative estimate of drug-likeness (QED) is 0.210. The maximum Gasteiger partial charge on any atom is 0.172 e. The molecular formula is C81H118O21. The number of aliphatic hydroxyl groups excluding tert-OH is 3. The second-order valence-electron chi connectivity index (χ2n) is 35.3. The molecule has 0 aromatic rings. The first kappa shape index (κ1) is 72.4. The molecule has 0 aliphatic carbocycles. The van der Waals surface area contributed by atoms with E-state index in [-0.39, 0.29) is 213 Å². The van der Waals surface area contributed by atoms with Crippen LogP contribution in [0.1, 0.15) is 208 Å². The highest BCUT2D eigenvalue weighted by Crippen LogP contribution is 2.57. The number of carbonyl (C=O) groups is 2. The third-order valence-electron chi connectivity index (χ3n) is 28.5. The van der Waals surface area contributed by atoms with E-state index in [1.54, 1.807) is 0 Å². The fourth-order valence-corrected chi connectivity index (χ4v) is 22.6. The second kappa shape index (κ2) is 29.1. The minimum absolute atomic E-state index is 0.00894. The van der Waals surface area contributed by atoms with Crippen molar-refractivity contribution in [2.75, 3.05) is 6.61 Å². The van der Waals surface area contributed by atoms with Crippen molar-refractivity contribution in [3.05, 3.63) is 48.6 Å². The van der Waals surface area contributed by atoms with Crippen LogP contribution in [0.25, 0.3) is 0 Å². The Morgan fingerprint density at radius 1 is 0.392 bits per heavy atom. The molecule has 10 unspecified atom stereocenters. The van der Waals surface area contributed by atoms with Gasteiger partial charge in [0.25, 0.3) is 0 Å². The molecule has 0 aromatic heterocycles. The second-order valence-corrected chi connectivity index (χ2v) is 35.3. The minimum Gasteiger partial charge on any atom is -0.394 e. The first-order valence-electron chi connectivity index (χ1n) is 40.4. The predicted octanol–water partition coefficient (Wildman–Crippen LogP) is 9.60. The smallest absolute Gasteiger partial charge is 0.172 e. The zero-order valence-corrected chi connectivity index (χ0v) is 61.1. The van der Waals surface area contributed by atoms with Gasteiger partial charge in [-0.3, -0.25) is 9.59 Å². The van der Waals surface area contributed by atoms with Crippen molar-refractivity contribution in [2.24, 2.45) is 35.5 Å². The molecule has 568 valence electrons. The normalized spacial score (nSPS) is 53.2.